The molecule has 2 aromatic carbocycles. The number of carbonyl (C=O) groups excluding carboxylic acids is 1. The summed E-state index contributed by atoms with van der Waals surface area (Å²) in [4.78, 5) is 29.9. The first kappa shape index (κ1) is 20.9. The van der Waals surface area contributed by atoms with Gasteiger partial charge in [-0.15, -0.1) is 0 Å². The Kier molecular flexibility index (Phi) is 5.51. The van der Waals surface area contributed by atoms with Gasteiger partial charge in [0.2, 0.25) is 0 Å². The van der Waals surface area contributed by atoms with Crippen molar-refractivity contribution in [1.29, 1.82) is 0 Å². The number of ether oxygens (including phenoxy) is 1. The van der Waals surface area contributed by atoms with Gasteiger partial charge < -0.3 is 15.8 Å². The summed E-state index contributed by atoms with van der Waals surface area (Å²) in [6.45, 7) is 3.58. The third-order valence-corrected chi connectivity index (χ3v) is 5.31. The Balaban J connectivity index is 1.55. The SMILES string of the molecule is Cc1c(Oc2ccc(NC(=O)c3c(C)n(C)n(-c4ccccc4)c3=O)cc2)ccnc1N. The van der Waals surface area contributed by atoms with Gasteiger partial charge in [0.05, 0.1) is 11.4 Å². The third kappa shape index (κ3) is 3.85. The molecule has 2 heterocycles. The molecule has 162 valence electrons. The summed E-state index contributed by atoms with van der Waals surface area (Å²) in [6.07, 6.45) is 1.58. The largest absolute Gasteiger partial charge is 0.457 e. The molecule has 8 heteroatoms. The molecular formula is C24H23N5O3. The molecule has 8 nitrogen and oxygen atoms in total. The van der Waals surface area contributed by atoms with Crippen LogP contribution in [0.1, 0.15) is 21.6 Å². The van der Waals surface area contributed by atoms with Crippen molar-refractivity contribution in [3.63, 3.8) is 0 Å². The van der Waals surface area contributed by atoms with Crippen molar-refractivity contribution in [2.75, 3.05) is 11.1 Å². The van der Waals surface area contributed by atoms with Gasteiger partial charge in [-0.1, -0.05) is 18.2 Å². The normalized spacial score (nSPS) is 10.7. The zero-order valence-corrected chi connectivity index (χ0v) is 18.0. The molecule has 4 aromatic rings. The molecule has 3 N–H and O–H groups in total. The zero-order valence-electron chi connectivity index (χ0n) is 18.0. The maximum atomic E-state index is 13.0. The van der Waals surface area contributed by atoms with E-state index in [9.17, 15) is 9.59 Å². The van der Waals surface area contributed by atoms with E-state index in [1.807, 2.05) is 37.3 Å². The van der Waals surface area contributed by atoms with Crippen LogP contribution in [-0.4, -0.2) is 20.3 Å². The fourth-order valence-corrected chi connectivity index (χ4v) is 3.40. The van der Waals surface area contributed by atoms with Gasteiger partial charge in [-0.25, -0.2) is 9.67 Å². The van der Waals surface area contributed by atoms with Crippen molar-refractivity contribution in [3.05, 3.63) is 94.0 Å². The van der Waals surface area contributed by atoms with Crippen molar-refractivity contribution in [2.24, 2.45) is 7.05 Å². The Labute approximate surface area is 184 Å². The lowest BCUT2D eigenvalue weighted by atomic mass is 10.2. The molecule has 2 aromatic heterocycles. The van der Waals surface area contributed by atoms with Crippen LogP contribution < -0.4 is 21.3 Å². The van der Waals surface area contributed by atoms with Gasteiger partial charge in [-0.3, -0.25) is 14.3 Å². The van der Waals surface area contributed by atoms with Gasteiger partial charge in [0.15, 0.2) is 0 Å². The molecule has 0 aliphatic rings. The number of nitrogens with one attached hydrogen (secondary N) is 1. The van der Waals surface area contributed by atoms with E-state index in [1.165, 1.54) is 4.68 Å². The van der Waals surface area contributed by atoms with Crippen LogP contribution in [-0.2, 0) is 7.05 Å². The molecule has 0 saturated heterocycles. The summed E-state index contributed by atoms with van der Waals surface area (Å²) in [5, 5.41) is 2.79. The topological polar surface area (TPSA) is 104 Å². The number of carbonyl (C=O) groups is 1. The first-order valence-corrected chi connectivity index (χ1v) is 10.0. The lowest BCUT2D eigenvalue weighted by molar-refractivity contribution is 0.102. The van der Waals surface area contributed by atoms with Crippen LogP contribution >= 0.6 is 0 Å². The van der Waals surface area contributed by atoms with E-state index in [-0.39, 0.29) is 11.1 Å². The summed E-state index contributed by atoms with van der Waals surface area (Å²) in [5.74, 6) is 1.13. The number of para-hydroxylation sites is 1. The molecule has 0 spiro atoms. The van der Waals surface area contributed by atoms with Crippen LogP contribution in [0.3, 0.4) is 0 Å². The fourth-order valence-electron chi connectivity index (χ4n) is 3.40. The highest BCUT2D eigenvalue weighted by Crippen LogP contribution is 2.28. The van der Waals surface area contributed by atoms with Gasteiger partial charge in [0.1, 0.15) is 22.9 Å². The van der Waals surface area contributed by atoms with Crippen molar-refractivity contribution in [1.82, 2.24) is 14.3 Å². The highest BCUT2D eigenvalue weighted by atomic mass is 16.5. The molecule has 0 aliphatic carbocycles. The molecule has 1 amide bonds. The molecular weight excluding hydrogens is 406 g/mol. The van der Waals surface area contributed by atoms with E-state index < -0.39 is 5.91 Å². The van der Waals surface area contributed by atoms with E-state index in [0.29, 0.717) is 34.4 Å². The summed E-state index contributed by atoms with van der Waals surface area (Å²) < 4.78 is 9.00. The number of nitrogens with zero attached hydrogens (tertiary/aromatic N) is 3. The highest BCUT2D eigenvalue weighted by Gasteiger charge is 2.22. The molecule has 0 radical (unpaired) electrons. The number of rotatable bonds is 5. The number of anilines is 2. The zero-order chi connectivity index (χ0) is 22.8. The number of amides is 1. The highest BCUT2D eigenvalue weighted by molar-refractivity contribution is 6.05. The predicted octanol–water partition coefficient (Wildman–Crippen LogP) is 3.81. The van der Waals surface area contributed by atoms with Crippen molar-refractivity contribution in [2.45, 2.75) is 13.8 Å². The minimum atomic E-state index is -0.468. The number of pyridine rings is 1. The van der Waals surface area contributed by atoms with Crippen LogP contribution in [0.2, 0.25) is 0 Å². The summed E-state index contributed by atoms with van der Waals surface area (Å²) in [5.41, 5.74) is 8.09. The van der Waals surface area contributed by atoms with E-state index in [4.69, 9.17) is 10.5 Å². The predicted molar refractivity (Wildman–Crippen MR) is 124 cm³/mol. The fraction of sp³-hybridized carbons (Fsp3) is 0.125. The molecule has 0 bridgehead atoms. The first-order valence-electron chi connectivity index (χ1n) is 10.0. The Morgan fingerprint density at radius 1 is 1.03 bits per heavy atom. The summed E-state index contributed by atoms with van der Waals surface area (Å²) in [6, 6.07) is 17.8. The third-order valence-electron chi connectivity index (χ3n) is 5.31. The van der Waals surface area contributed by atoms with Gasteiger partial charge in [-0.2, -0.15) is 0 Å². The quantitative estimate of drug-likeness (QED) is 0.502. The Bertz CT molecular complexity index is 1340. The van der Waals surface area contributed by atoms with E-state index >= 15 is 0 Å². The van der Waals surface area contributed by atoms with E-state index in [2.05, 4.69) is 10.3 Å². The lowest BCUT2D eigenvalue weighted by Crippen LogP contribution is -2.25. The standard InChI is InChI=1S/C24H23N5O3/c1-15-20(13-14-26-22(15)25)32-19-11-9-17(10-12-19)27-23(30)21-16(2)28(3)29(24(21)31)18-7-5-4-6-8-18/h4-14H,1-3H3,(H2,25,26)(H,27,30). The lowest BCUT2D eigenvalue weighted by Gasteiger charge is -2.10. The number of nitrogen functional groups attached to an aromatic ring is 1. The van der Waals surface area contributed by atoms with Crippen LogP contribution in [0.15, 0.2) is 71.7 Å². The van der Waals surface area contributed by atoms with Crippen molar-refractivity contribution < 1.29 is 9.53 Å². The minimum absolute atomic E-state index is 0.0968. The molecule has 0 saturated carbocycles. The molecule has 0 atom stereocenters. The number of hydrogen-bond donors (Lipinski definition) is 2. The molecule has 0 unspecified atom stereocenters. The second-order valence-corrected chi connectivity index (χ2v) is 7.34. The summed E-state index contributed by atoms with van der Waals surface area (Å²) >= 11 is 0. The van der Waals surface area contributed by atoms with Crippen LogP contribution in [0.25, 0.3) is 5.69 Å². The van der Waals surface area contributed by atoms with Crippen LogP contribution in [0, 0.1) is 13.8 Å². The van der Waals surface area contributed by atoms with E-state index in [1.54, 1.807) is 55.2 Å². The van der Waals surface area contributed by atoms with Gasteiger partial charge in [0.25, 0.3) is 11.5 Å². The Hall–Kier alpha value is -4.33. The minimum Gasteiger partial charge on any atom is -0.457 e. The van der Waals surface area contributed by atoms with E-state index in [0.717, 1.165) is 5.56 Å². The number of benzene rings is 2. The average Bonchev–Trinajstić information content (AvgIpc) is 3.01. The molecule has 32 heavy (non-hydrogen) atoms. The summed E-state index contributed by atoms with van der Waals surface area (Å²) in [7, 11) is 1.75. The number of hydrogen-bond acceptors (Lipinski definition) is 5. The van der Waals surface area contributed by atoms with Gasteiger partial charge >= 0.3 is 0 Å². The Morgan fingerprint density at radius 2 is 1.72 bits per heavy atom. The first-order chi connectivity index (χ1) is 15.4. The average molecular weight is 429 g/mol. The Morgan fingerprint density at radius 3 is 2.41 bits per heavy atom. The maximum Gasteiger partial charge on any atom is 0.284 e. The molecule has 0 aliphatic heterocycles. The van der Waals surface area contributed by atoms with Crippen LogP contribution in [0.4, 0.5) is 11.5 Å². The molecule has 0 fully saturated rings. The second kappa shape index (κ2) is 8.43. The smallest absolute Gasteiger partial charge is 0.284 e. The second-order valence-electron chi connectivity index (χ2n) is 7.34. The number of aromatic nitrogens is 3. The molecule has 4 rings (SSSR count). The number of nitrogens with two attached hydrogens (primary N) is 1. The monoisotopic (exact) mass is 429 g/mol. The van der Waals surface area contributed by atoms with Gasteiger partial charge in [0, 0.05) is 24.5 Å². The van der Waals surface area contributed by atoms with Crippen molar-refractivity contribution >= 4 is 17.4 Å². The van der Waals surface area contributed by atoms with Crippen LogP contribution in [0.5, 0.6) is 11.5 Å². The maximum absolute atomic E-state index is 13.0. The van der Waals surface area contributed by atoms with Gasteiger partial charge in [-0.05, 0) is 56.3 Å². The van der Waals surface area contributed by atoms with Crippen molar-refractivity contribution in [3.8, 4) is 17.2 Å².